The highest BCUT2D eigenvalue weighted by Crippen LogP contribution is 2.26. The summed E-state index contributed by atoms with van der Waals surface area (Å²) in [4.78, 5) is 31.1. The summed E-state index contributed by atoms with van der Waals surface area (Å²) in [5, 5.41) is 38.0. The fourth-order valence-corrected chi connectivity index (χ4v) is 3.36. The standard InChI is InChI=1S/C22H22N2O6/c25-19-9-13(21(27)28)5-7-15(19)11-23-17-3-1-2-4-18(17)24-12-16-8-6-14(22(29)30)10-20(16)26/h5-12,17-18,25-26H,1-4H2,(H,27,28)(H,29,30)/t17-,18-/m0/s1. The predicted octanol–water partition coefficient (Wildman–Crippen LogP) is 3.34. The van der Waals surface area contributed by atoms with Crippen molar-refractivity contribution in [2.45, 2.75) is 37.8 Å². The monoisotopic (exact) mass is 410 g/mol. The number of hydrogen-bond acceptors (Lipinski definition) is 6. The molecule has 2 aromatic carbocycles. The zero-order chi connectivity index (χ0) is 21.7. The highest BCUT2D eigenvalue weighted by molar-refractivity contribution is 5.92. The van der Waals surface area contributed by atoms with Crippen molar-refractivity contribution in [1.82, 2.24) is 0 Å². The highest BCUT2D eigenvalue weighted by Gasteiger charge is 2.23. The molecule has 8 heteroatoms. The van der Waals surface area contributed by atoms with Crippen molar-refractivity contribution in [3.05, 3.63) is 58.7 Å². The first kappa shape index (κ1) is 21.0. The van der Waals surface area contributed by atoms with Gasteiger partial charge in [-0.3, -0.25) is 9.98 Å². The molecule has 3 rings (SSSR count). The van der Waals surface area contributed by atoms with Crippen LogP contribution in [0.5, 0.6) is 11.5 Å². The van der Waals surface area contributed by atoms with Gasteiger partial charge in [0, 0.05) is 23.6 Å². The Kier molecular flexibility index (Phi) is 6.46. The van der Waals surface area contributed by atoms with E-state index in [0.29, 0.717) is 11.1 Å². The Morgan fingerprint density at radius 1 is 0.767 bits per heavy atom. The Bertz CT molecular complexity index is 933. The Morgan fingerprint density at radius 3 is 1.50 bits per heavy atom. The molecule has 0 spiro atoms. The molecule has 0 amide bonds. The number of carbonyl (C=O) groups is 2. The molecule has 1 aliphatic rings. The van der Waals surface area contributed by atoms with Crippen LogP contribution in [-0.2, 0) is 0 Å². The average molecular weight is 410 g/mol. The Labute approximate surface area is 172 Å². The van der Waals surface area contributed by atoms with E-state index in [1.54, 1.807) is 0 Å². The Hall–Kier alpha value is -3.68. The molecule has 0 aliphatic heterocycles. The molecule has 4 N–H and O–H groups in total. The molecule has 0 saturated heterocycles. The molecule has 0 radical (unpaired) electrons. The zero-order valence-electron chi connectivity index (χ0n) is 16.1. The Balaban J connectivity index is 1.75. The summed E-state index contributed by atoms with van der Waals surface area (Å²) in [6, 6.07) is 7.96. The lowest BCUT2D eigenvalue weighted by atomic mass is 9.91. The third-order valence-electron chi connectivity index (χ3n) is 5.06. The van der Waals surface area contributed by atoms with Crippen molar-refractivity contribution in [2.24, 2.45) is 9.98 Å². The molecule has 2 aromatic rings. The van der Waals surface area contributed by atoms with Crippen LogP contribution in [0.1, 0.15) is 57.5 Å². The van der Waals surface area contributed by atoms with Gasteiger partial charge in [-0.05, 0) is 49.2 Å². The smallest absolute Gasteiger partial charge is 0.335 e. The second-order valence-corrected chi connectivity index (χ2v) is 7.13. The van der Waals surface area contributed by atoms with E-state index in [1.165, 1.54) is 48.8 Å². The van der Waals surface area contributed by atoms with Gasteiger partial charge in [-0.25, -0.2) is 9.59 Å². The van der Waals surface area contributed by atoms with E-state index in [2.05, 4.69) is 9.98 Å². The second kappa shape index (κ2) is 9.21. The summed E-state index contributed by atoms with van der Waals surface area (Å²) >= 11 is 0. The molecule has 1 saturated carbocycles. The lowest BCUT2D eigenvalue weighted by Crippen LogP contribution is -2.27. The number of benzene rings is 2. The molecule has 0 bridgehead atoms. The van der Waals surface area contributed by atoms with Crippen LogP contribution in [0.15, 0.2) is 46.4 Å². The number of carboxylic acid groups (broad SMARTS) is 2. The SMILES string of the molecule is O=C(O)c1ccc(C=N[C@H]2CCCC[C@@H]2N=Cc2ccc(C(=O)O)cc2O)c(O)c1. The second-order valence-electron chi connectivity index (χ2n) is 7.13. The van der Waals surface area contributed by atoms with Crippen LogP contribution in [0.3, 0.4) is 0 Å². The third kappa shape index (κ3) is 5.02. The van der Waals surface area contributed by atoms with Gasteiger partial charge in [-0.2, -0.15) is 0 Å². The molecule has 1 aliphatic carbocycles. The summed E-state index contributed by atoms with van der Waals surface area (Å²) < 4.78 is 0. The quantitative estimate of drug-likeness (QED) is 0.539. The van der Waals surface area contributed by atoms with E-state index in [9.17, 15) is 19.8 Å². The molecule has 0 unspecified atom stereocenters. The molecular formula is C22H22N2O6. The Morgan fingerprint density at radius 2 is 1.17 bits per heavy atom. The van der Waals surface area contributed by atoms with E-state index < -0.39 is 11.9 Å². The van der Waals surface area contributed by atoms with Gasteiger partial charge in [0.1, 0.15) is 11.5 Å². The number of carboxylic acids is 2. The van der Waals surface area contributed by atoms with Crippen molar-refractivity contribution >= 4 is 24.4 Å². The zero-order valence-corrected chi connectivity index (χ0v) is 16.1. The van der Waals surface area contributed by atoms with Gasteiger partial charge in [-0.1, -0.05) is 12.8 Å². The molecule has 156 valence electrons. The topological polar surface area (TPSA) is 140 Å². The molecule has 1 fully saturated rings. The van der Waals surface area contributed by atoms with E-state index in [-0.39, 0.29) is 34.7 Å². The number of aromatic carboxylic acids is 2. The van der Waals surface area contributed by atoms with Gasteiger partial charge in [0.2, 0.25) is 0 Å². The van der Waals surface area contributed by atoms with Crippen molar-refractivity contribution < 1.29 is 30.0 Å². The fourth-order valence-electron chi connectivity index (χ4n) is 3.36. The van der Waals surface area contributed by atoms with Crippen LogP contribution >= 0.6 is 0 Å². The van der Waals surface area contributed by atoms with Gasteiger partial charge in [-0.15, -0.1) is 0 Å². The summed E-state index contributed by atoms with van der Waals surface area (Å²) in [5.74, 6) is -2.54. The average Bonchev–Trinajstić information content (AvgIpc) is 2.72. The minimum Gasteiger partial charge on any atom is -0.507 e. The number of phenolic OH excluding ortho intramolecular Hbond substituents is 2. The van der Waals surface area contributed by atoms with Crippen LogP contribution in [0.25, 0.3) is 0 Å². The summed E-state index contributed by atoms with van der Waals surface area (Å²) in [7, 11) is 0. The van der Waals surface area contributed by atoms with Gasteiger partial charge in [0.05, 0.1) is 23.2 Å². The van der Waals surface area contributed by atoms with Gasteiger partial charge >= 0.3 is 11.9 Å². The van der Waals surface area contributed by atoms with E-state index >= 15 is 0 Å². The molecule has 30 heavy (non-hydrogen) atoms. The van der Waals surface area contributed by atoms with Crippen LogP contribution in [-0.4, -0.2) is 56.9 Å². The van der Waals surface area contributed by atoms with Crippen molar-refractivity contribution in [3.63, 3.8) is 0 Å². The van der Waals surface area contributed by atoms with Crippen molar-refractivity contribution in [3.8, 4) is 11.5 Å². The summed E-state index contributed by atoms with van der Waals surface area (Å²) in [6.07, 6.45) is 6.68. The minimum atomic E-state index is -1.12. The normalized spacial score (nSPS) is 19.3. The number of phenols is 2. The number of nitrogens with zero attached hydrogens (tertiary/aromatic N) is 2. The predicted molar refractivity (Wildman–Crippen MR) is 111 cm³/mol. The molecule has 0 aromatic heterocycles. The largest absolute Gasteiger partial charge is 0.507 e. The lowest BCUT2D eigenvalue weighted by molar-refractivity contribution is 0.0685. The number of aromatic hydroxyl groups is 2. The first-order valence-electron chi connectivity index (χ1n) is 9.54. The third-order valence-corrected chi connectivity index (χ3v) is 5.06. The van der Waals surface area contributed by atoms with E-state index in [1.807, 2.05) is 0 Å². The van der Waals surface area contributed by atoms with Crippen molar-refractivity contribution in [2.75, 3.05) is 0 Å². The fraction of sp³-hybridized carbons (Fsp3) is 0.273. The van der Waals surface area contributed by atoms with Gasteiger partial charge in [0.15, 0.2) is 0 Å². The molecular weight excluding hydrogens is 388 g/mol. The van der Waals surface area contributed by atoms with Gasteiger partial charge < -0.3 is 20.4 Å². The first-order chi connectivity index (χ1) is 14.3. The lowest BCUT2D eigenvalue weighted by Gasteiger charge is -2.25. The number of aliphatic imine (C=N–C) groups is 2. The number of rotatable bonds is 6. The maximum Gasteiger partial charge on any atom is 0.335 e. The first-order valence-corrected chi connectivity index (χ1v) is 9.54. The minimum absolute atomic E-state index is 0.00137. The number of hydrogen-bond donors (Lipinski definition) is 4. The maximum atomic E-state index is 11.0. The van der Waals surface area contributed by atoms with Crippen molar-refractivity contribution in [1.29, 1.82) is 0 Å². The van der Waals surface area contributed by atoms with E-state index in [0.717, 1.165) is 25.7 Å². The molecule has 8 nitrogen and oxygen atoms in total. The highest BCUT2D eigenvalue weighted by atomic mass is 16.4. The summed E-state index contributed by atoms with van der Waals surface area (Å²) in [5.41, 5.74) is 0.849. The van der Waals surface area contributed by atoms with E-state index in [4.69, 9.17) is 10.2 Å². The van der Waals surface area contributed by atoms with Crippen LogP contribution in [0.4, 0.5) is 0 Å². The maximum absolute atomic E-state index is 11.0. The molecule has 0 heterocycles. The van der Waals surface area contributed by atoms with Crippen LogP contribution in [0, 0.1) is 0 Å². The van der Waals surface area contributed by atoms with Crippen LogP contribution in [0.2, 0.25) is 0 Å². The van der Waals surface area contributed by atoms with Gasteiger partial charge in [0.25, 0.3) is 0 Å². The molecule has 2 atom stereocenters. The van der Waals surface area contributed by atoms with Crippen LogP contribution < -0.4 is 0 Å². The summed E-state index contributed by atoms with van der Waals surface area (Å²) in [6.45, 7) is 0.